The SMILES string of the molecule is C=CCCC(=O)O[Se]1(Br)c2ccccc2C(=O)N1C(C)c1ccccc1. The van der Waals surface area contributed by atoms with Gasteiger partial charge in [-0.25, -0.2) is 0 Å². The fourth-order valence-corrected chi connectivity index (χ4v) is 11.8. The van der Waals surface area contributed by atoms with E-state index >= 15 is 0 Å². The molecule has 2 atom stereocenters. The van der Waals surface area contributed by atoms with E-state index < -0.39 is 11.6 Å². The number of allylic oxidation sites excluding steroid dienone is 1. The Bertz CT molecular complexity index is 842. The number of halogens is 1. The molecule has 3 rings (SSSR count). The van der Waals surface area contributed by atoms with E-state index in [1.54, 1.807) is 16.1 Å². The minimum absolute atomic E-state index is 0.106. The summed E-state index contributed by atoms with van der Waals surface area (Å²) < 4.78 is 8.48. The molecule has 0 aliphatic carbocycles. The zero-order chi connectivity index (χ0) is 18.7. The molecule has 2 unspecified atom stereocenters. The van der Waals surface area contributed by atoms with Gasteiger partial charge in [0.05, 0.1) is 0 Å². The number of fused-ring (bicyclic) bond motifs is 1. The average molecular weight is 481 g/mol. The van der Waals surface area contributed by atoms with Crippen molar-refractivity contribution in [3.63, 3.8) is 0 Å². The standard InChI is InChI=1S/C20H20BrNO3Se/c1-3-4-14-19(23)25-26(21)18-13-9-8-12-17(18)20(24)22(26)15(2)16-10-6-5-7-11-16/h3,5-13,15H,1,4,14H2,2H3. The number of amides is 1. The Morgan fingerprint density at radius 2 is 1.88 bits per heavy atom. The number of hydrogen-bond acceptors (Lipinski definition) is 3. The van der Waals surface area contributed by atoms with Crippen molar-refractivity contribution < 1.29 is 13.4 Å². The van der Waals surface area contributed by atoms with Crippen molar-refractivity contribution >= 4 is 42.0 Å². The predicted molar refractivity (Wildman–Crippen MR) is 107 cm³/mol. The fraction of sp³-hybridized carbons (Fsp3) is 0.200. The summed E-state index contributed by atoms with van der Waals surface area (Å²) in [5.41, 5.74) is 1.60. The van der Waals surface area contributed by atoms with Crippen LogP contribution in [0.15, 0.2) is 67.3 Å². The quantitative estimate of drug-likeness (QED) is 0.464. The van der Waals surface area contributed by atoms with Crippen LogP contribution in [0.5, 0.6) is 0 Å². The van der Waals surface area contributed by atoms with Crippen LogP contribution in [0.25, 0.3) is 0 Å². The molecule has 2 aromatic rings. The molecule has 0 spiro atoms. The molecule has 0 fully saturated rings. The van der Waals surface area contributed by atoms with Gasteiger partial charge in [0, 0.05) is 0 Å². The van der Waals surface area contributed by atoms with E-state index in [0.29, 0.717) is 12.0 Å². The molecule has 6 heteroatoms. The number of hydrogen-bond donors (Lipinski definition) is 0. The minimum atomic E-state index is -3.37. The van der Waals surface area contributed by atoms with Crippen molar-refractivity contribution in [2.75, 3.05) is 0 Å². The van der Waals surface area contributed by atoms with Gasteiger partial charge in [0.1, 0.15) is 0 Å². The third-order valence-electron chi connectivity index (χ3n) is 4.23. The Hall–Kier alpha value is -1.88. The Kier molecular flexibility index (Phi) is 5.66. The van der Waals surface area contributed by atoms with Crippen molar-refractivity contribution in [3.05, 3.63) is 78.4 Å². The molecule has 1 aliphatic rings. The van der Waals surface area contributed by atoms with Crippen molar-refractivity contribution in [3.8, 4) is 0 Å². The Morgan fingerprint density at radius 3 is 2.58 bits per heavy atom. The fourth-order valence-electron chi connectivity index (χ4n) is 2.91. The molecular weight excluding hydrogens is 461 g/mol. The van der Waals surface area contributed by atoms with Crippen LogP contribution in [-0.2, 0) is 8.61 Å². The predicted octanol–water partition coefficient (Wildman–Crippen LogP) is 3.95. The monoisotopic (exact) mass is 481 g/mol. The normalized spacial score (nSPS) is 22.2. The van der Waals surface area contributed by atoms with Crippen LogP contribution in [0.4, 0.5) is 0 Å². The van der Waals surface area contributed by atoms with Gasteiger partial charge in [0.25, 0.3) is 0 Å². The van der Waals surface area contributed by atoms with Crippen LogP contribution in [0, 0.1) is 0 Å². The van der Waals surface area contributed by atoms with E-state index in [4.69, 9.17) is 3.82 Å². The topological polar surface area (TPSA) is 46.6 Å². The van der Waals surface area contributed by atoms with Gasteiger partial charge in [-0.05, 0) is 0 Å². The van der Waals surface area contributed by atoms with Crippen molar-refractivity contribution in [1.29, 1.82) is 0 Å². The summed E-state index contributed by atoms with van der Waals surface area (Å²) in [4.78, 5) is 25.5. The summed E-state index contributed by atoms with van der Waals surface area (Å²) in [6, 6.07) is 16.9. The zero-order valence-corrected chi connectivity index (χ0v) is 17.7. The molecule has 4 nitrogen and oxygen atoms in total. The zero-order valence-electron chi connectivity index (χ0n) is 14.4. The van der Waals surface area contributed by atoms with Crippen LogP contribution in [-0.4, -0.2) is 27.4 Å². The molecule has 0 saturated heterocycles. The van der Waals surface area contributed by atoms with E-state index in [2.05, 4.69) is 20.7 Å². The molecule has 1 heterocycles. The van der Waals surface area contributed by atoms with Gasteiger partial charge in [-0.2, -0.15) is 0 Å². The van der Waals surface area contributed by atoms with E-state index in [-0.39, 0.29) is 24.3 Å². The molecule has 0 saturated carbocycles. The van der Waals surface area contributed by atoms with Crippen LogP contribution in [0.3, 0.4) is 0 Å². The van der Waals surface area contributed by atoms with Gasteiger partial charge in [0.2, 0.25) is 0 Å². The second-order valence-electron chi connectivity index (χ2n) is 5.95. The summed E-state index contributed by atoms with van der Waals surface area (Å²) >= 11 is 0.361. The van der Waals surface area contributed by atoms with E-state index in [9.17, 15) is 9.59 Å². The summed E-state index contributed by atoms with van der Waals surface area (Å²) in [5.74, 6) is -0.429. The van der Waals surface area contributed by atoms with Crippen molar-refractivity contribution in [2.24, 2.45) is 0 Å². The maximum atomic E-state index is 13.2. The Balaban J connectivity index is 2.02. The van der Waals surface area contributed by atoms with Gasteiger partial charge < -0.3 is 0 Å². The van der Waals surface area contributed by atoms with E-state index in [0.717, 1.165) is 10.0 Å². The molecule has 136 valence electrons. The summed E-state index contributed by atoms with van der Waals surface area (Å²) in [6.45, 7) is 5.60. The van der Waals surface area contributed by atoms with Gasteiger partial charge >= 0.3 is 164 Å². The molecule has 1 aliphatic heterocycles. The third-order valence-corrected chi connectivity index (χ3v) is 13.2. The Labute approximate surface area is 163 Å². The van der Waals surface area contributed by atoms with Crippen LogP contribution >= 0.6 is 14.1 Å². The number of benzene rings is 2. The van der Waals surface area contributed by atoms with Gasteiger partial charge in [-0.15, -0.1) is 0 Å². The molecule has 2 aromatic carbocycles. The molecule has 26 heavy (non-hydrogen) atoms. The van der Waals surface area contributed by atoms with Gasteiger partial charge in [-0.3, -0.25) is 0 Å². The molecule has 0 aromatic heterocycles. The van der Waals surface area contributed by atoms with Gasteiger partial charge in [0.15, 0.2) is 0 Å². The molecule has 1 amide bonds. The maximum absolute atomic E-state index is 13.2. The molecular formula is C20H20BrNO3Se. The van der Waals surface area contributed by atoms with Crippen molar-refractivity contribution in [2.45, 2.75) is 25.8 Å². The number of carbonyl (C=O) groups is 2. The number of carbonyl (C=O) groups excluding carboxylic acids is 2. The van der Waals surface area contributed by atoms with Gasteiger partial charge in [-0.1, -0.05) is 0 Å². The number of nitrogens with zero attached hydrogens (tertiary/aromatic N) is 1. The van der Waals surface area contributed by atoms with E-state index in [1.165, 1.54) is 0 Å². The molecule has 0 radical (unpaired) electrons. The first kappa shape index (κ1) is 18.9. The van der Waals surface area contributed by atoms with Crippen molar-refractivity contribution in [1.82, 2.24) is 3.92 Å². The van der Waals surface area contributed by atoms with E-state index in [1.807, 2.05) is 55.5 Å². The van der Waals surface area contributed by atoms with Crippen LogP contribution in [0.2, 0.25) is 0 Å². The van der Waals surface area contributed by atoms with Crippen LogP contribution < -0.4 is 4.46 Å². The first-order chi connectivity index (χ1) is 12.5. The second kappa shape index (κ2) is 7.78. The Morgan fingerprint density at radius 1 is 1.23 bits per heavy atom. The summed E-state index contributed by atoms with van der Waals surface area (Å²) in [6.07, 6.45) is 2.48. The van der Waals surface area contributed by atoms with Crippen LogP contribution in [0.1, 0.15) is 41.7 Å². The average Bonchev–Trinajstić information content (AvgIpc) is 2.88. The third kappa shape index (κ3) is 3.37. The molecule has 0 bridgehead atoms. The molecule has 0 N–H and O–H groups in total. The summed E-state index contributed by atoms with van der Waals surface area (Å²) in [5, 5.41) is 0. The summed E-state index contributed by atoms with van der Waals surface area (Å²) in [7, 11) is 0. The first-order valence-corrected chi connectivity index (χ1v) is 14.7. The second-order valence-corrected chi connectivity index (χ2v) is 14.5. The first-order valence-electron chi connectivity index (χ1n) is 8.33. The number of rotatable bonds is 6.